The molecule has 114 valence electrons. The van der Waals surface area contributed by atoms with Gasteiger partial charge in [-0.15, -0.1) is 0 Å². The molecular weight excluding hydrogens is 292 g/mol. The first-order valence-corrected chi connectivity index (χ1v) is 7.36. The molecule has 1 atom stereocenters. The van der Waals surface area contributed by atoms with E-state index in [0.29, 0.717) is 29.4 Å². The number of halogens is 1. The quantitative estimate of drug-likeness (QED) is 0.843. The van der Waals surface area contributed by atoms with Crippen LogP contribution in [0.25, 0.3) is 0 Å². The second-order valence-electron chi connectivity index (χ2n) is 5.32. The van der Waals surface area contributed by atoms with Gasteiger partial charge in [-0.1, -0.05) is 11.6 Å². The number of hydrogen-bond acceptors (Lipinski definition) is 3. The molecule has 2 N–H and O–H groups in total. The maximum atomic E-state index is 12.2. The molecule has 1 saturated heterocycles. The van der Waals surface area contributed by atoms with Gasteiger partial charge in [0.1, 0.15) is 0 Å². The van der Waals surface area contributed by atoms with Crippen LogP contribution in [0.5, 0.6) is 0 Å². The number of rotatable bonds is 3. The first kappa shape index (κ1) is 15.8. The van der Waals surface area contributed by atoms with Crippen LogP contribution in [0.1, 0.15) is 30.1 Å². The largest absolute Gasteiger partial charge is 0.396 e. The summed E-state index contributed by atoms with van der Waals surface area (Å²) in [5, 5.41) is 12.3. The summed E-state index contributed by atoms with van der Waals surface area (Å²) in [6.45, 7) is 2.79. The number of aliphatic hydroxyl groups excluding tert-OH is 1. The first-order chi connectivity index (χ1) is 10.0. The van der Waals surface area contributed by atoms with Crippen LogP contribution in [-0.2, 0) is 0 Å². The molecule has 1 aliphatic rings. The Kier molecular flexibility index (Phi) is 5.20. The Balaban J connectivity index is 2.02. The number of piperidine rings is 1. The molecule has 0 aliphatic carbocycles. The summed E-state index contributed by atoms with van der Waals surface area (Å²) < 4.78 is 0. The van der Waals surface area contributed by atoms with Crippen molar-refractivity contribution < 1.29 is 14.7 Å². The highest BCUT2D eigenvalue weighted by molar-refractivity contribution is 6.34. The molecule has 2 amide bonds. The van der Waals surface area contributed by atoms with Crippen LogP contribution in [0, 0.1) is 5.92 Å². The zero-order valence-corrected chi connectivity index (χ0v) is 12.7. The average molecular weight is 311 g/mol. The van der Waals surface area contributed by atoms with E-state index in [4.69, 9.17) is 11.6 Å². The summed E-state index contributed by atoms with van der Waals surface area (Å²) in [7, 11) is 0. The molecule has 1 aromatic rings. The third kappa shape index (κ3) is 3.95. The molecule has 6 heteroatoms. The molecule has 1 aromatic carbocycles. The van der Waals surface area contributed by atoms with E-state index < -0.39 is 0 Å². The van der Waals surface area contributed by atoms with Gasteiger partial charge in [-0.2, -0.15) is 0 Å². The monoisotopic (exact) mass is 310 g/mol. The summed E-state index contributed by atoms with van der Waals surface area (Å²) in [4.78, 5) is 25.2. The summed E-state index contributed by atoms with van der Waals surface area (Å²) in [6.07, 6.45) is 1.84. The van der Waals surface area contributed by atoms with Gasteiger partial charge < -0.3 is 15.3 Å². The van der Waals surface area contributed by atoms with Crippen molar-refractivity contribution in [3.8, 4) is 0 Å². The first-order valence-electron chi connectivity index (χ1n) is 6.98. The molecule has 0 bridgehead atoms. The molecule has 2 rings (SSSR count). The van der Waals surface area contributed by atoms with Crippen molar-refractivity contribution in [3.63, 3.8) is 0 Å². The molecule has 0 aromatic heterocycles. The maximum Gasteiger partial charge on any atom is 0.321 e. The molecule has 0 spiro atoms. The fourth-order valence-corrected chi connectivity index (χ4v) is 2.79. The predicted molar refractivity (Wildman–Crippen MR) is 81.9 cm³/mol. The Labute approximate surface area is 128 Å². The number of amides is 2. The lowest BCUT2D eigenvalue weighted by Gasteiger charge is -2.31. The van der Waals surface area contributed by atoms with Crippen molar-refractivity contribution in [3.05, 3.63) is 28.8 Å². The van der Waals surface area contributed by atoms with E-state index in [-0.39, 0.29) is 24.3 Å². The molecule has 1 aliphatic heterocycles. The second kappa shape index (κ2) is 6.91. The van der Waals surface area contributed by atoms with Crippen LogP contribution in [0.4, 0.5) is 10.5 Å². The lowest BCUT2D eigenvalue weighted by Crippen LogP contribution is -2.43. The van der Waals surface area contributed by atoms with E-state index >= 15 is 0 Å². The summed E-state index contributed by atoms with van der Waals surface area (Å²) in [6, 6.07) is 4.63. The smallest absolute Gasteiger partial charge is 0.321 e. The number of anilines is 1. The van der Waals surface area contributed by atoms with Gasteiger partial charge in [-0.25, -0.2) is 4.79 Å². The number of aliphatic hydroxyl groups is 1. The minimum atomic E-state index is -0.209. The van der Waals surface area contributed by atoms with Crippen molar-refractivity contribution in [2.75, 3.05) is 25.0 Å². The zero-order valence-electron chi connectivity index (χ0n) is 11.9. The van der Waals surface area contributed by atoms with Gasteiger partial charge in [0.25, 0.3) is 0 Å². The SMILES string of the molecule is CC(=O)c1ccc(NC(=O)N2CCC[C@H](CO)C2)cc1Cl. The second-order valence-corrected chi connectivity index (χ2v) is 5.73. The Hall–Kier alpha value is -1.59. The minimum absolute atomic E-state index is 0.100. The predicted octanol–water partition coefficient (Wildman–Crippen LogP) is 2.78. The summed E-state index contributed by atoms with van der Waals surface area (Å²) in [5.74, 6) is 0.0351. The average Bonchev–Trinajstić information content (AvgIpc) is 2.47. The highest BCUT2D eigenvalue weighted by Crippen LogP contribution is 2.22. The standard InChI is InChI=1S/C15H19ClN2O3/c1-10(20)13-5-4-12(7-14(13)16)17-15(21)18-6-2-3-11(8-18)9-19/h4-5,7,11,19H,2-3,6,8-9H2,1H3,(H,17,21)/t11-/m0/s1. The topological polar surface area (TPSA) is 69.6 Å². The Morgan fingerprint density at radius 3 is 2.86 bits per heavy atom. The van der Waals surface area contributed by atoms with Crippen molar-refractivity contribution in [1.29, 1.82) is 0 Å². The Morgan fingerprint density at radius 1 is 1.48 bits per heavy atom. The van der Waals surface area contributed by atoms with Gasteiger partial charge in [0.2, 0.25) is 0 Å². The zero-order chi connectivity index (χ0) is 15.4. The lowest BCUT2D eigenvalue weighted by molar-refractivity contribution is 0.101. The van der Waals surface area contributed by atoms with Crippen molar-refractivity contribution >= 4 is 29.1 Å². The van der Waals surface area contributed by atoms with Crippen LogP contribution in [-0.4, -0.2) is 41.5 Å². The lowest BCUT2D eigenvalue weighted by atomic mass is 9.99. The normalized spacial score (nSPS) is 18.4. The molecule has 1 fully saturated rings. The molecule has 21 heavy (non-hydrogen) atoms. The highest BCUT2D eigenvalue weighted by Gasteiger charge is 2.23. The van der Waals surface area contributed by atoms with Crippen molar-refractivity contribution in [2.24, 2.45) is 5.92 Å². The minimum Gasteiger partial charge on any atom is -0.396 e. The van der Waals surface area contributed by atoms with Gasteiger partial charge in [-0.05, 0) is 43.9 Å². The Morgan fingerprint density at radius 2 is 2.24 bits per heavy atom. The summed E-state index contributed by atoms with van der Waals surface area (Å²) in [5.41, 5.74) is 0.995. The molecule has 1 heterocycles. The van der Waals surface area contributed by atoms with Gasteiger partial charge in [-0.3, -0.25) is 4.79 Å². The molecule has 5 nitrogen and oxygen atoms in total. The van der Waals surface area contributed by atoms with Crippen LogP contribution in [0.15, 0.2) is 18.2 Å². The van der Waals surface area contributed by atoms with E-state index in [2.05, 4.69) is 5.32 Å². The molecule has 0 radical (unpaired) electrons. The van der Waals surface area contributed by atoms with Gasteiger partial charge in [0.15, 0.2) is 5.78 Å². The van der Waals surface area contributed by atoms with Crippen LogP contribution in [0.3, 0.4) is 0 Å². The number of carbonyl (C=O) groups is 2. The number of ketones is 1. The van der Waals surface area contributed by atoms with Crippen LogP contribution < -0.4 is 5.32 Å². The van der Waals surface area contributed by atoms with E-state index in [1.165, 1.54) is 6.92 Å². The van der Waals surface area contributed by atoms with Crippen molar-refractivity contribution in [2.45, 2.75) is 19.8 Å². The number of benzene rings is 1. The van der Waals surface area contributed by atoms with Crippen molar-refractivity contribution in [1.82, 2.24) is 4.90 Å². The van der Waals surface area contributed by atoms with Gasteiger partial charge >= 0.3 is 6.03 Å². The van der Waals surface area contributed by atoms with Gasteiger partial charge in [0.05, 0.1) is 5.02 Å². The fraction of sp³-hybridized carbons (Fsp3) is 0.467. The number of likely N-dealkylation sites (tertiary alicyclic amines) is 1. The number of nitrogens with zero attached hydrogens (tertiary/aromatic N) is 1. The van der Waals surface area contributed by atoms with Gasteiger partial charge in [0, 0.05) is 30.9 Å². The Bertz CT molecular complexity index is 548. The summed E-state index contributed by atoms with van der Waals surface area (Å²) >= 11 is 6.02. The number of Topliss-reactive ketones (excluding diaryl/α,β-unsaturated/α-hetero) is 1. The van der Waals surface area contributed by atoms with E-state index in [1.54, 1.807) is 23.1 Å². The molecule has 0 unspecified atom stereocenters. The molecule has 0 saturated carbocycles. The third-order valence-electron chi connectivity index (χ3n) is 3.66. The number of hydrogen-bond donors (Lipinski definition) is 2. The molecular formula is C15H19ClN2O3. The number of carbonyl (C=O) groups excluding carboxylic acids is 2. The third-order valence-corrected chi connectivity index (χ3v) is 3.98. The maximum absolute atomic E-state index is 12.2. The van der Waals surface area contributed by atoms with E-state index in [9.17, 15) is 14.7 Å². The highest BCUT2D eigenvalue weighted by atomic mass is 35.5. The van der Waals surface area contributed by atoms with Crippen LogP contribution >= 0.6 is 11.6 Å². The number of urea groups is 1. The number of nitrogens with one attached hydrogen (secondary N) is 1. The van der Waals surface area contributed by atoms with E-state index in [0.717, 1.165) is 12.8 Å². The van der Waals surface area contributed by atoms with Crippen LogP contribution in [0.2, 0.25) is 5.02 Å². The fourth-order valence-electron chi connectivity index (χ4n) is 2.48. The van der Waals surface area contributed by atoms with E-state index in [1.807, 2.05) is 0 Å².